The number of guanidine groups is 1. The van der Waals surface area contributed by atoms with E-state index < -0.39 is 16.9 Å². The summed E-state index contributed by atoms with van der Waals surface area (Å²) < 4.78 is 73.7. The van der Waals surface area contributed by atoms with E-state index in [-0.39, 0.29) is 29.5 Å². The van der Waals surface area contributed by atoms with Crippen LogP contribution in [0.3, 0.4) is 0 Å². The monoisotopic (exact) mass is 508 g/mol. The predicted octanol–water partition coefficient (Wildman–Crippen LogP) is 5.88. The van der Waals surface area contributed by atoms with Gasteiger partial charge in [-0.1, -0.05) is 0 Å². The van der Waals surface area contributed by atoms with E-state index in [2.05, 4.69) is 9.89 Å². The second-order valence-corrected chi connectivity index (χ2v) is 9.05. The molecule has 2 aromatic carbocycles. The minimum atomic E-state index is -4.53. The fourth-order valence-electron chi connectivity index (χ4n) is 4.32. The van der Waals surface area contributed by atoms with Crippen LogP contribution >= 0.6 is 11.3 Å². The standard InChI is InChI=1S/C24H21F5N4OS/c1-34-20-7-2-16(24(27,28)29)12-19(20)33-13-15-14-35-22(26)21(15)30-23(33)32-10-8-31(9-11-32)18-5-3-17(25)4-6-18/h2-7,12,14H,8-11,13H2,1H3. The topological polar surface area (TPSA) is 31.3 Å². The van der Waals surface area contributed by atoms with Gasteiger partial charge in [0.05, 0.1) is 24.9 Å². The van der Waals surface area contributed by atoms with E-state index in [1.807, 2.05) is 4.90 Å². The molecule has 2 aliphatic rings. The zero-order valence-corrected chi connectivity index (χ0v) is 19.5. The Kier molecular flexibility index (Phi) is 6.04. The number of benzene rings is 2. The Morgan fingerprint density at radius 3 is 2.29 bits per heavy atom. The van der Waals surface area contributed by atoms with Gasteiger partial charge in [0.1, 0.15) is 17.3 Å². The first-order valence-electron chi connectivity index (χ1n) is 10.9. The maximum Gasteiger partial charge on any atom is 0.416 e. The number of fused-ring (bicyclic) bond motifs is 1. The summed E-state index contributed by atoms with van der Waals surface area (Å²) in [6, 6.07) is 9.50. The molecule has 1 saturated heterocycles. The highest BCUT2D eigenvalue weighted by molar-refractivity contribution is 7.08. The first-order chi connectivity index (χ1) is 16.7. The Hall–Kier alpha value is -3.34. The first-order valence-corrected chi connectivity index (χ1v) is 11.8. The molecule has 3 aromatic rings. The van der Waals surface area contributed by atoms with Crippen LogP contribution in [0.2, 0.25) is 0 Å². The van der Waals surface area contributed by atoms with Crippen molar-refractivity contribution < 1.29 is 26.7 Å². The summed E-state index contributed by atoms with van der Waals surface area (Å²) in [6.07, 6.45) is -4.53. The zero-order chi connectivity index (χ0) is 24.7. The lowest BCUT2D eigenvalue weighted by atomic mass is 10.1. The van der Waals surface area contributed by atoms with E-state index >= 15 is 0 Å². The van der Waals surface area contributed by atoms with E-state index in [0.717, 1.165) is 29.2 Å². The van der Waals surface area contributed by atoms with Crippen LogP contribution in [0.15, 0.2) is 52.8 Å². The van der Waals surface area contributed by atoms with Gasteiger partial charge in [0, 0.05) is 42.8 Å². The predicted molar refractivity (Wildman–Crippen MR) is 126 cm³/mol. The number of alkyl halides is 3. The molecule has 184 valence electrons. The van der Waals surface area contributed by atoms with Gasteiger partial charge in [-0.05, 0) is 42.5 Å². The average molecular weight is 509 g/mol. The third kappa shape index (κ3) is 4.52. The van der Waals surface area contributed by atoms with Gasteiger partial charge in [-0.3, -0.25) is 0 Å². The summed E-state index contributed by atoms with van der Waals surface area (Å²) in [7, 11) is 1.39. The molecule has 0 atom stereocenters. The molecular formula is C24H21F5N4OS. The molecule has 1 fully saturated rings. The van der Waals surface area contributed by atoms with Crippen LogP contribution in [0.25, 0.3) is 0 Å². The maximum atomic E-state index is 14.4. The highest BCUT2D eigenvalue weighted by Crippen LogP contribution is 2.41. The Balaban J connectivity index is 1.49. The Labute approximate surface area is 202 Å². The Morgan fingerprint density at radius 2 is 1.63 bits per heavy atom. The number of ether oxygens (including phenoxy) is 1. The van der Waals surface area contributed by atoms with Crippen LogP contribution in [0, 0.1) is 10.9 Å². The van der Waals surface area contributed by atoms with Crippen molar-refractivity contribution >= 4 is 34.4 Å². The number of nitrogens with zero attached hydrogens (tertiary/aromatic N) is 4. The van der Waals surface area contributed by atoms with Crippen molar-refractivity contribution in [3.8, 4) is 5.75 Å². The van der Waals surface area contributed by atoms with Crippen molar-refractivity contribution in [2.24, 2.45) is 4.99 Å². The lowest BCUT2D eigenvalue weighted by Crippen LogP contribution is -2.54. The molecule has 35 heavy (non-hydrogen) atoms. The number of piperazine rings is 1. The molecule has 0 aliphatic carbocycles. The SMILES string of the molecule is COc1ccc(C(F)(F)F)cc1N1Cc2csc(F)c2N=C1N1CCN(c2ccc(F)cc2)CC1. The molecule has 0 spiro atoms. The quantitative estimate of drug-likeness (QED) is 0.414. The van der Waals surface area contributed by atoms with Crippen LogP contribution in [0.4, 0.5) is 39.0 Å². The molecule has 5 nitrogen and oxygen atoms in total. The van der Waals surface area contributed by atoms with Crippen molar-refractivity contribution in [1.82, 2.24) is 4.90 Å². The van der Waals surface area contributed by atoms with E-state index in [1.54, 1.807) is 22.4 Å². The number of methoxy groups -OCH3 is 1. The molecule has 0 unspecified atom stereocenters. The van der Waals surface area contributed by atoms with Crippen molar-refractivity contribution in [2.75, 3.05) is 43.1 Å². The molecule has 11 heteroatoms. The van der Waals surface area contributed by atoms with E-state index in [0.29, 0.717) is 37.7 Å². The van der Waals surface area contributed by atoms with Crippen molar-refractivity contribution in [3.05, 3.63) is 69.9 Å². The summed E-state index contributed by atoms with van der Waals surface area (Å²) in [5.41, 5.74) is 1.09. The van der Waals surface area contributed by atoms with Gasteiger partial charge in [-0.15, -0.1) is 11.3 Å². The molecule has 2 aliphatic heterocycles. The summed E-state index contributed by atoms with van der Waals surface area (Å²) >= 11 is 0.913. The normalized spacial score (nSPS) is 16.3. The van der Waals surface area contributed by atoms with Crippen LogP contribution in [-0.4, -0.2) is 44.1 Å². The highest BCUT2D eigenvalue weighted by atomic mass is 32.1. The molecule has 0 radical (unpaired) electrons. The van der Waals surface area contributed by atoms with Crippen LogP contribution in [0.5, 0.6) is 5.75 Å². The third-order valence-corrected chi connectivity index (χ3v) is 6.93. The second kappa shape index (κ2) is 9.03. The summed E-state index contributed by atoms with van der Waals surface area (Å²) in [6.45, 7) is 2.31. The summed E-state index contributed by atoms with van der Waals surface area (Å²) in [4.78, 5) is 10.2. The highest BCUT2D eigenvalue weighted by Gasteiger charge is 2.35. The lowest BCUT2D eigenvalue weighted by molar-refractivity contribution is -0.137. The summed E-state index contributed by atoms with van der Waals surface area (Å²) in [5.74, 6) is 0.309. The van der Waals surface area contributed by atoms with E-state index in [9.17, 15) is 22.0 Å². The molecule has 0 N–H and O–H groups in total. The van der Waals surface area contributed by atoms with Gasteiger partial charge in [0.15, 0.2) is 0 Å². The van der Waals surface area contributed by atoms with Gasteiger partial charge < -0.3 is 19.4 Å². The van der Waals surface area contributed by atoms with Crippen molar-refractivity contribution in [1.29, 1.82) is 0 Å². The van der Waals surface area contributed by atoms with Gasteiger partial charge in [-0.25, -0.2) is 9.38 Å². The average Bonchev–Trinajstić information content (AvgIpc) is 3.22. The molecule has 5 rings (SSSR count). The van der Waals surface area contributed by atoms with Gasteiger partial charge >= 0.3 is 6.18 Å². The van der Waals surface area contributed by atoms with E-state index in [1.165, 1.54) is 25.3 Å². The van der Waals surface area contributed by atoms with Crippen LogP contribution in [0.1, 0.15) is 11.1 Å². The first kappa shape index (κ1) is 23.4. The number of aliphatic imine (C=N–C) groups is 1. The number of hydrogen-bond acceptors (Lipinski definition) is 6. The maximum absolute atomic E-state index is 14.4. The number of anilines is 2. The molecule has 0 amide bonds. The minimum Gasteiger partial charge on any atom is -0.495 e. The van der Waals surface area contributed by atoms with Crippen molar-refractivity contribution in [3.63, 3.8) is 0 Å². The summed E-state index contributed by atoms with van der Waals surface area (Å²) in [5, 5.41) is 1.20. The smallest absolute Gasteiger partial charge is 0.416 e. The second-order valence-electron chi connectivity index (χ2n) is 8.22. The largest absolute Gasteiger partial charge is 0.495 e. The van der Waals surface area contributed by atoms with Gasteiger partial charge in [-0.2, -0.15) is 17.6 Å². The van der Waals surface area contributed by atoms with Gasteiger partial charge in [0.2, 0.25) is 11.1 Å². The minimum absolute atomic E-state index is 0.157. The fraction of sp³-hybridized carbons (Fsp3) is 0.292. The fourth-order valence-corrected chi connectivity index (χ4v) is 5.04. The molecular weight excluding hydrogens is 487 g/mol. The zero-order valence-electron chi connectivity index (χ0n) is 18.6. The molecule has 3 heterocycles. The van der Waals surface area contributed by atoms with Crippen molar-refractivity contribution in [2.45, 2.75) is 12.7 Å². The number of hydrogen-bond donors (Lipinski definition) is 0. The Morgan fingerprint density at radius 1 is 0.943 bits per heavy atom. The number of rotatable bonds is 3. The van der Waals surface area contributed by atoms with Crippen LogP contribution < -0.4 is 14.5 Å². The third-order valence-electron chi connectivity index (χ3n) is 6.13. The van der Waals surface area contributed by atoms with Crippen LogP contribution in [-0.2, 0) is 12.7 Å². The molecule has 0 bridgehead atoms. The Bertz CT molecular complexity index is 1250. The lowest BCUT2D eigenvalue weighted by Gasteiger charge is -2.42. The van der Waals surface area contributed by atoms with Gasteiger partial charge in [0.25, 0.3) is 0 Å². The molecule has 0 saturated carbocycles. The van der Waals surface area contributed by atoms with E-state index in [4.69, 9.17) is 4.74 Å². The number of thiophene rings is 1. The molecule has 1 aromatic heterocycles. The number of halogens is 5.